The van der Waals surface area contributed by atoms with E-state index in [0.29, 0.717) is 51.6 Å². The summed E-state index contributed by atoms with van der Waals surface area (Å²) in [7, 11) is 1.61. The number of carbonyl (C=O) groups excluding carboxylic acids is 3. The first kappa shape index (κ1) is 27.7. The van der Waals surface area contributed by atoms with E-state index in [1.807, 2.05) is 49.1 Å². The molecule has 0 aromatic heterocycles. The number of piperidine rings is 1. The summed E-state index contributed by atoms with van der Waals surface area (Å²) in [6, 6.07) is 7.69. The molecule has 198 valence electrons. The molecule has 2 bridgehead atoms. The predicted octanol–water partition coefficient (Wildman–Crippen LogP) is 3.02. The maximum absolute atomic E-state index is 13.4. The van der Waals surface area contributed by atoms with Crippen molar-refractivity contribution in [3.05, 3.63) is 42.0 Å². The summed E-state index contributed by atoms with van der Waals surface area (Å²) in [5.41, 5.74) is 0.890. The average molecular weight is 500 g/mol. The Labute approximate surface area is 215 Å². The van der Waals surface area contributed by atoms with Crippen LogP contribution in [-0.4, -0.2) is 74.0 Å². The Morgan fingerprint density at radius 3 is 2.72 bits per heavy atom. The first-order valence-corrected chi connectivity index (χ1v) is 13.2. The zero-order chi connectivity index (χ0) is 25.9. The number of carbonyl (C=O) groups is 3. The summed E-state index contributed by atoms with van der Waals surface area (Å²) < 4.78 is 11.1. The van der Waals surface area contributed by atoms with Gasteiger partial charge in [-0.05, 0) is 37.2 Å². The number of amides is 3. The molecule has 0 unspecified atom stereocenters. The molecule has 1 aromatic carbocycles. The molecular formula is C28H41N3O5. The fourth-order valence-corrected chi connectivity index (χ4v) is 5.05. The van der Waals surface area contributed by atoms with E-state index in [-0.39, 0.29) is 42.0 Å². The number of para-hydroxylation sites is 1. The number of ether oxygens (including phenoxy) is 2. The average Bonchev–Trinajstić information content (AvgIpc) is 2.88. The molecule has 1 N–H and O–H groups in total. The van der Waals surface area contributed by atoms with Gasteiger partial charge in [-0.3, -0.25) is 14.4 Å². The van der Waals surface area contributed by atoms with Crippen molar-refractivity contribution >= 4 is 17.7 Å². The Morgan fingerprint density at radius 2 is 1.97 bits per heavy atom. The number of nitrogens with one attached hydrogen (secondary N) is 1. The molecule has 0 spiro atoms. The number of hydrogen-bond donors (Lipinski definition) is 1. The number of benzene rings is 1. The van der Waals surface area contributed by atoms with Gasteiger partial charge in [0.15, 0.2) is 0 Å². The van der Waals surface area contributed by atoms with E-state index in [4.69, 9.17) is 9.47 Å². The van der Waals surface area contributed by atoms with E-state index in [1.165, 1.54) is 0 Å². The van der Waals surface area contributed by atoms with Crippen LogP contribution in [-0.2, 0) is 25.7 Å². The summed E-state index contributed by atoms with van der Waals surface area (Å²) >= 11 is 0. The van der Waals surface area contributed by atoms with E-state index >= 15 is 0 Å². The summed E-state index contributed by atoms with van der Waals surface area (Å²) in [5, 5.41) is 2.90. The van der Waals surface area contributed by atoms with Gasteiger partial charge in [-0.15, -0.1) is 0 Å². The van der Waals surface area contributed by atoms with E-state index in [9.17, 15) is 14.4 Å². The van der Waals surface area contributed by atoms with Gasteiger partial charge < -0.3 is 24.6 Å². The van der Waals surface area contributed by atoms with Crippen molar-refractivity contribution in [2.75, 3.05) is 46.5 Å². The maximum atomic E-state index is 13.4. The van der Waals surface area contributed by atoms with Crippen LogP contribution in [0.4, 0.5) is 0 Å². The molecule has 2 aliphatic rings. The van der Waals surface area contributed by atoms with Gasteiger partial charge >= 0.3 is 0 Å². The highest BCUT2D eigenvalue weighted by molar-refractivity contribution is 5.86. The maximum Gasteiger partial charge on any atom is 0.242 e. The molecule has 8 heteroatoms. The highest BCUT2D eigenvalue weighted by Gasteiger charge is 2.33. The molecule has 0 radical (unpaired) electrons. The minimum absolute atomic E-state index is 0.000246. The first-order chi connectivity index (χ1) is 17.5. The number of rotatable bonds is 8. The van der Waals surface area contributed by atoms with Crippen LogP contribution >= 0.6 is 0 Å². The van der Waals surface area contributed by atoms with Crippen molar-refractivity contribution < 1.29 is 23.9 Å². The third-order valence-corrected chi connectivity index (χ3v) is 7.26. The molecule has 0 saturated carbocycles. The van der Waals surface area contributed by atoms with Gasteiger partial charge in [-0.25, -0.2) is 0 Å². The molecule has 1 aromatic rings. The van der Waals surface area contributed by atoms with Crippen LogP contribution < -0.4 is 10.1 Å². The lowest BCUT2D eigenvalue weighted by Gasteiger charge is -2.38. The fourth-order valence-electron chi connectivity index (χ4n) is 5.05. The molecule has 1 fully saturated rings. The van der Waals surface area contributed by atoms with Crippen molar-refractivity contribution in [2.45, 2.75) is 46.1 Å². The Kier molecular flexibility index (Phi) is 10.8. The largest absolute Gasteiger partial charge is 0.489 e. The fraction of sp³-hybridized carbons (Fsp3) is 0.607. The van der Waals surface area contributed by atoms with Crippen molar-refractivity contribution in [1.82, 2.24) is 15.1 Å². The van der Waals surface area contributed by atoms with Crippen LogP contribution in [0.2, 0.25) is 0 Å². The smallest absolute Gasteiger partial charge is 0.242 e. The monoisotopic (exact) mass is 499 g/mol. The van der Waals surface area contributed by atoms with Crippen molar-refractivity contribution in [1.29, 1.82) is 0 Å². The molecule has 36 heavy (non-hydrogen) atoms. The highest BCUT2D eigenvalue weighted by atomic mass is 16.5. The molecule has 3 rings (SSSR count). The van der Waals surface area contributed by atoms with E-state index in [0.717, 1.165) is 24.8 Å². The van der Waals surface area contributed by atoms with Crippen LogP contribution in [0.25, 0.3) is 0 Å². The zero-order valence-corrected chi connectivity index (χ0v) is 21.9. The molecule has 2 aliphatic heterocycles. The van der Waals surface area contributed by atoms with Crippen molar-refractivity contribution in [3.63, 3.8) is 0 Å². The van der Waals surface area contributed by atoms with Gasteiger partial charge in [0.2, 0.25) is 17.7 Å². The van der Waals surface area contributed by atoms with Crippen LogP contribution in [0.5, 0.6) is 5.75 Å². The topological polar surface area (TPSA) is 88.2 Å². The Morgan fingerprint density at radius 1 is 1.19 bits per heavy atom. The van der Waals surface area contributed by atoms with Gasteiger partial charge in [0, 0.05) is 51.2 Å². The molecule has 8 nitrogen and oxygen atoms in total. The minimum Gasteiger partial charge on any atom is -0.489 e. The van der Waals surface area contributed by atoms with Crippen molar-refractivity contribution in [3.8, 4) is 5.75 Å². The third-order valence-electron chi connectivity index (χ3n) is 7.26. The second-order valence-corrected chi connectivity index (χ2v) is 9.65. The minimum atomic E-state index is -0.113. The Balaban J connectivity index is 1.82. The van der Waals surface area contributed by atoms with E-state index in [1.54, 1.807) is 12.0 Å². The highest BCUT2D eigenvalue weighted by Crippen LogP contribution is 2.29. The Bertz CT molecular complexity index is 914. The lowest BCUT2D eigenvalue weighted by atomic mass is 9.82. The normalized spacial score (nSPS) is 21.5. The quantitative estimate of drug-likeness (QED) is 0.439. The summed E-state index contributed by atoms with van der Waals surface area (Å²) in [6.07, 6.45) is 6.68. The number of hydrogen-bond acceptors (Lipinski definition) is 5. The number of fused-ring (bicyclic) bond motifs is 3. The zero-order valence-electron chi connectivity index (χ0n) is 21.9. The molecule has 2 heterocycles. The SMILES string of the molecule is CCC(CC)C(=O)N1CC(=O)N2CC[C@@H](CC(=O)NCCOC)[C@@H](/C=C\COc3ccccc3C1)C2. The predicted molar refractivity (Wildman–Crippen MR) is 138 cm³/mol. The van der Waals surface area contributed by atoms with Gasteiger partial charge in [-0.1, -0.05) is 44.2 Å². The second kappa shape index (κ2) is 14.0. The summed E-state index contributed by atoms with van der Waals surface area (Å²) in [6.45, 7) is 6.87. The molecule has 1 saturated heterocycles. The first-order valence-electron chi connectivity index (χ1n) is 13.2. The van der Waals surface area contributed by atoms with Crippen LogP contribution in [0.1, 0.15) is 45.1 Å². The van der Waals surface area contributed by atoms with E-state index < -0.39 is 0 Å². The summed E-state index contributed by atoms with van der Waals surface area (Å²) in [4.78, 5) is 42.9. The van der Waals surface area contributed by atoms with Crippen LogP contribution in [0.15, 0.2) is 36.4 Å². The van der Waals surface area contributed by atoms with Crippen molar-refractivity contribution in [2.24, 2.45) is 17.8 Å². The molecule has 0 aliphatic carbocycles. The second-order valence-electron chi connectivity index (χ2n) is 9.65. The molecule has 2 atom stereocenters. The number of nitrogens with zero attached hydrogens (tertiary/aromatic N) is 2. The number of methoxy groups -OCH3 is 1. The lowest BCUT2D eigenvalue weighted by molar-refractivity contribution is -0.144. The standard InChI is InChI=1S/C28H41N3O5/c1-4-21(5-2)28(34)31-19-24-9-6-7-11-25(24)36-15-8-10-23-18-30(27(33)20-31)14-12-22(23)17-26(32)29-13-16-35-3/h6-11,21-23H,4-5,12-20H2,1-3H3,(H,29,32)/b10-8-/t22-,23-/m0/s1. The summed E-state index contributed by atoms with van der Waals surface area (Å²) in [5.74, 6) is 0.738. The lowest BCUT2D eigenvalue weighted by Crippen LogP contribution is -2.49. The van der Waals surface area contributed by atoms with E-state index in [2.05, 4.69) is 11.4 Å². The van der Waals surface area contributed by atoms with Gasteiger partial charge in [-0.2, -0.15) is 0 Å². The molecular weight excluding hydrogens is 458 g/mol. The third kappa shape index (κ3) is 7.56. The van der Waals surface area contributed by atoms with Gasteiger partial charge in [0.1, 0.15) is 18.9 Å². The van der Waals surface area contributed by atoms with Gasteiger partial charge in [0.25, 0.3) is 0 Å². The van der Waals surface area contributed by atoms with Crippen LogP contribution in [0.3, 0.4) is 0 Å². The molecule has 3 amide bonds. The van der Waals surface area contributed by atoms with Gasteiger partial charge in [0.05, 0.1) is 6.61 Å². The Hall–Kier alpha value is -2.87. The van der Waals surface area contributed by atoms with Crippen LogP contribution in [0, 0.1) is 17.8 Å².